The quantitative estimate of drug-likeness (QED) is 0.660. The van der Waals surface area contributed by atoms with E-state index in [1.165, 1.54) is 0 Å². The predicted molar refractivity (Wildman–Crippen MR) is 104 cm³/mol. The zero-order chi connectivity index (χ0) is 20.0. The van der Waals surface area contributed by atoms with E-state index in [9.17, 15) is 19.8 Å². The van der Waals surface area contributed by atoms with Crippen LogP contribution in [0.15, 0.2) is 48.5 Å². The zero-order valence-corrected chi connectivity index (χ0v) is 15.7. The van der Waals surface area contributed by atoms with Crippen LogP contribution in [0, 0.1) is 0 Å². The number of carbonyl (C=O) groups excluding carboxylic acids is 2. The lowest BCUT2D eigenvalue weighted by molar-refractivity contribution is 0.0585. The van der Waals surface area contributed by atoms with E-state index in [4.69, 9.17) is 11.6 Å². The van der Waals surface area contributed by atoms with Crippen molar-refractivity contribution >= 4 is 34.3 Å². The molecule has 0 saturated carbocycles. The summed E-state index contributed by atoms with van der Waals surface area (Å²) in [6.45, 7) is 1.15. The summed E-state index contributed by atoms with van der Waals surface area (Å²) < 4.78 is 0. The van der Waals surface area contributed by atoms with Crippen LogP contribution in [0.2, 0.25) is 5.02 Å². The number of carbonyl (C=O) groups is 2. The molecule has 2 unspecified atom stereocenters. The molecule has 3 aromatic rings. The largest absolute Gasteiger partial charge is 0.393 e. The number of fused-ring (bicyclic) bond motifs is 2. The molecule has 2 atom stereocenters. The van der Waals surface area contributed by atoms with Crippen LogP contribution in [0.3, 0.4) is 0 Å². The second kappa shape index (κ2) is 6.98. The van der Waals surface area contributed by atoms with Crippen molar-refractivity contribution in [2.24, 2.45) is 0 Å². The van der Waals surface area contributed by atoms with Crippen molar-refractivity contribution in [3.63, 3.8) is 0 Å². The first-order valence-corrected chi connectivity index (χ1v) is 9.16. The number of imide groups is 1. The second-order valence-corrected chi connectivity index (χ2v) is 7.08. The molecule has 1 aliphatic heterocycles. The summed E-state index contributed by atoms with van der Waals surface area (Å²) in [5.41, 5.74) is 1.84. The molecule has 4 rings (SSSR count). The molecule has 2 heterocycles. The van der Waals surface area contributed by atoms with Gasteiger partial charge in [0.25, 0.3) is 11.8 Å². The summed E-state index contributed by atoms with van der Waals surface area (Å²) in [5.74, 6) is -0.799. The van der Waals surface area contributed by atoms with E-state index in [1.807, 2.05) is 6.07 Å². The fraction of sp³-hybridized carbons (Fsp3) is 0.190. The third-order valence-electron chi connectivity index (χ3n) is 5.01. The van der Waals surface area contributed by atoms with Crippen LogP contribution in [0.5, 0.6) is 0 Å². The molecular weight excluding hydrogens is 380 g/mol. The molecule has 0 radical (unpaired) electrons. The molecule has 0 aliphatic carbocycles. The van der Waals surface area contributed by atoms with Gasteiger partial charge in [-0.1, -0.05) is 35.9 Å². The van der Waals surface area contributed by atoms with Crippen LogP contribution in [0.4, 0.5) is 0 Å². The number of para-hydroxylation sites is 1. The van der Waals surface area contributed by atoms with Crippen molar-refractivity contribution in [1.82, 2.24) is 9.88 Å². The van der Waals surface area contributed by atoms with Gasteiger partial charge in [0.05, 0.1) is 40.0 Å². The zero-order valence-electron chi connectivity index (χ0n) is 15.0. The Bertz CT molecular complexity index is 1080. The number of amides is 2. The topological polar surface area (TPSA) is 90.7 Å². The molecule has 2 aromatic carbocycles. The summed E-state index contributed by atoms with van der Waals surface area (Å²) in [6, 6.07) is 13.0. The number of hydrogen-bond donors (Lipinski definition) is 2. The van der Waals surface area contributed by atoms with Gasteiger partial charge in [0.2, 0.25) is 0 Å². The van der Waals surface area contributed by atoms with Gasteiger partial charge in [0.1, 0.15) is 6.10 Å². The molecule has 2 amide bonds. The van der Waals surface area contributed by atoms with E-state index in [-0.39, 0.29) is 5.69 Å². The highest BCUT2D eigenvalue weighted by Gasteiger charge is 2.39. The van der Waals surface area contributed by atoms with Crippen molar-refractivity contribution in [3.8, 4) is 0 Å². The van der Waals surface area contributed by atoms with Gasteiger partial charge in [-0.05, 0) is 36.8 Å². The number of aliphatic hydroxyl groups is 2. The van der Waals surface area contributed by atoms with Crippen LogP contribution in [-0.4, -0.2) is 38.5 Å². The van der Waals surface area contributed by atoms with Crippen LogP contribution >= 0.6 is 11.6 Å². The lowest BCUT2D eigenvalue weighted by atomic mass is 9.99. The highest BCUT2D eigenvalue weighted by molar-refractivity contribution is 6.35. The third kappa shape index (κ3) is 2.77. The molecule has 0 saturated heterocycles. The van der Waals surface area contributed by atoms with E-state index >= 15 is 0 Å². The Balaban J connectivity index is 1.86. The molecule has 2 N–H and O–H groups in total. The van der Waals surface area contributed by atoms with E-state index in [0.29, 0.717) is 32.6 Å². The van der Waals surface area contributed by atoms with Crippen molar-refractivity contribution in [3.05, 3.63) is 75.9 Å². The smallest absolute Gasteiger partial charge is 0.262 e. The number of pyridine rings is 1. The minimum Gasteiger partial charge on any atom is -0.393 e. The minimum atomic E-state index is -1.27. The Morgan fingerprint density at radius 3 is 2.32 bits per heavy atom. The van der Waals surface area contributed by atoms with Gasteiger partial charge in [-0.25, -0.2) is 4.98 Å². The van der Waals surface area contributed by atoms with Gasteiger partial charge in [-0.15, -0.1) is 0 Å². The molecule has 6 nitrogen and oxygen atoms in total. The van der Waals surface area contributed by atoms with Crippen molar-refractivity contribution < 1.29 is 19.8 Å². The summed E-state index contributed by atoms with van der Waals surface area (Å²) in [7, 11) is 0. The molecule has 7 heteroatoms. The van der Waals surface area contributed by atoms with Crippen LogP contribution in [-0.2, 0) is 0 Å². The molecule has 1 aromatic heterocycles. The number of hydrogen-bond acceptors (Lipinski definition) is 5. The van der Waals surface area contributed by atoms with Gasteiger partial charge in [-0.2, -0.15) is 0 Å². The SMILES string of the molecule is CC(c1cc2cccc(Cl)c2nc1C(O)CO)N1C(=O)c2ccccc2C1=O. The Hall–Kier alpha value is -2.80. The van der Waals surface area contributed by atoms with Crippen LogP contribution < -0.4 is 0 Å². The van der Waals surface area contributed by atoms with Gasteiger partial charge >= 0.3 is 0 Å². The van der Waals surface area contributed by atoms with Crippen LogP contribution in [0.1, 0.15) is 51.0 Å². The first-order valence-electron chi connectivity index (χ1n) is 8.79. The van der Waals surface area contributed by atoms with Gasteiger partial charge in [0, 0.05) is 5.39 Å². The Morgan fingerprint density at radius 2 is 1.71 bits per heavy atom. The molecular formula is C21H17ClN2O4. The predicted octanol–water partition coefficient (Wildman–Crippen LogP) is 3.27. The summed E-state index contributed by atoms with van der Waals surface area (Å²) in [6.07, 6.45) is -1.27. The maximum Gasteiger partial charge on any atom is 0.262 e. The summed E-state index contributed by atoms with van der Waals surface area (Å²) in [5, 5.41) is 20.9. The molecule has 28 heavy (non-hydrogen) atoms. The third-order valence-corrected chi connectivity index (χ3v) is 5.31. The number of halogens is 1. The minimum absolute atomic E-state index is 0.187. The van der Waals surface area contributed by atoms with Crippen molar-refractivity contribution in [2.45, 2.75) is 19.1 Å². The van der Waals surface area contributed by atoms with Crippen molar-refractivity contribution in [2.75, 3.05) is 6.61 Å². The first-order chi connectivity index (χ1) is 13.4. The summed E-state index contributed by atoms with van der Waals surface area (Å²) in [4.78, 5) is 31.3. The number of aromatic nitrogens is 1. The van der Waals surface area contributed by atoms with E-state index in [2.05, 4.69) is 4.98 Å². The lowest BCUT2D eigenvalue weighted by Crippen LogP contribution is -2.33. The van der Waals surface area contributed by atoms with E-state index in [1.54, 1.807) is 49.4 Å². The fourth-order valence-corrected chi connectivity index (χ4v) is 3.80. The highest BCUT2D eigenvalue weighted by Crippen LogP contribution is 2.36. The Labute approximate surface area is 166 Å². The molecule has 0 bridgehead atoms. The molecule has 0 spiro atoms. The van der Waals surface area contributed by atoms with Gasteiger partial charge in [0.15, 0.2) is 0 Å². The first kappa shape index (κ1) is 18.6. The maximum atomic E-state index is 12.8. The second-order valence-electron chi connectivity index (χ2n) is 6.67. The van der Waals surface area contributed by atoms with Crippen LogP contribution in [0.25, 0.3) is 10.9 Å². The fourth-order valence-electron chi connectivity index (χ4n) is 3.58. The normalized spacial score (nSPS) is 15.8. The molecule has 142 valence electrons. The lowest BCUT2D eigenvalue weighted by Gasteiger charge is -2.26. The number of benzene rings is 2. The van der Waals surface area contributed by atoms with Crippen molar-refractivity contribution in [1.29, 1.82) is 0 Å². The summed E-state index contributed by atoms with van der Waals surface area (Å²) >= 11 is 6.22. The monoisotopic (exact) mass is 396 g/mol. The number of aliphatic hydroxyl groups excluding tert-OH is 2. The van der Waals surface area contributed by atoms with E-state index in [0.717, 1.165) is 4.90 Å². The number of rotatable bonds is 4. The standard InChI is InChI=1S/C21H17ClN2O4/c1-11(24-20(27)13-6-2-3-7-14(13)21(24)28)15-9-12-5-4-8-16(22)18(12)23-19(15)17(26)10-25/h2-9,11,17,25-26H,10H2,1H3. The van der Waals surface area contributed by atoms with E-state index < -0.39 is 30.6 Å². The van der Waals surface area contributed by atoms with Gasteiger partial charge in [-0.3, -0.25) is 14.5 Å². The van der Waals surface area contributed by atoms with Gasteiger partial charge < -0.3 is 10.2 Å². The average molecular weight is 397 g/mol. The maximum absolute atomic E-state index is 12.8. The Kier molecular flexibility index (Phi) is 4.63. The molecule has 1 aliphatic rings. The Morgan fingerprint density at radius 1 is 1.07 bits per heavy atom. The highest BCUT2D eigenvalue weighted by atomic mass is 35.5. The number of nitrogens with zero attached hydrogens (tertiary/aromatic N) is 2. The average Bonchev–Trinajstić information content (AvgIpc) is 2.97. The molecule has 0 fully saturated rings.